The molecular weight excluding hydrogens is 394 g/mol. The fourth-order valence-corrected chi connectivity index (χ4v) is 2.41. The molecule has 2 aromatic carbocycles. The van der Waals surface area contributed by atoms with Crippen LogP contribution in [0.2, 0.25) is 20.1 Å². The molecular formula is C16H12Cl4N2O2. The lowest BCUT2D eigenvalue weighted by atomic mass is 10.1. The Morgan fingerprint density at radius 1 is 1.04 bits per heavy atom. The van der Waals surface area contributed by atoms with Crippen molar-refractivity contribution in [1.82, 2.24) is 5.43 Å². The van der Waals surface area contributed by atoms with Crippen molar-refractivity contribution in [2.45, 2.75) is 6.92 Å². The number of hydrazone groups is 1. The molecule has 0 fully saturated rings. The van der Waals surface area contributed by atoms with Gasteiger partial charge < -0.3 is 4.74 Å². The van der Waals surface area contributed by atoms with E-state index in [1.807, 2.05) is 0 Å². The van der Waals surface area contributed by atoms with E-state index >= 15 is 0 Å². The molecule has 0 bridgehead atoms. The van der Waals surface area contributed by atoms with Gasteiger partial charge in [-0.05, 0) is 30.7 Å². The minimum atomic E-state index is -0.439. The third-order valence-electron chi connectivity index (χ3n) is 2.94. The fourth-order valence-electron chi connectivity index (χ4n) is 1.69. The first-order valence-corrected chi connectivity index (χ1v) is 8.24. The van der Waals surface area contributed by atoms with E-state index in [0.29, 0.717) is 15.8 Å². The maximum atomic E-state index is 11.8. The third kappa shape index (κ3) is 5.28. The van der Waals surface area contributed by atoms with Crippen molar-refractivity contribution in [3.05, 3.63) is 62.1 Å². The van der Waals surface area contributed by atoms with Gasteiger partial charge in [-0.15, -0.1) is 0 Å². The van der Waals surface area contributed by atoms with Crippen LogP contribution in [0.15, 0.2) is 41.5 Å². The van der Waals surface area contributed by atoms with Crippen LogP contribution in [-0.2, 0) is 4.79 Å². The number of carbonyl (C=O) groups is 1. The zero-order valence-corrected chi connectivity index (χ0v) is 15.5. The first kappa shape index (κ1) is 18.9. The van der Waals surface area contributed by atoms with Gasteiger partial charge in [0.1, 0.15) is 5.75 Å². The van der Waals surface area contributed by atoms with E-state index in [1.165, 1.54) is 12.1 Å². The molecule has 1 N–H and O–H groups in total. The Labute approximate surface area is 159 Å². The molecule has 0 aromatic heterocycles. The van der Waals surface area contributed by atoms with Gasteiger partial charge in [0.05, 0.1) is 20.8 Å². The second-order valence-electron chi connectivity index (χ2n) is 4.72. The van der Waals surface area contributed by atoms with Crippen LogP contribution in [0.25, 0.3) is 0 Å². The van der Waals surface area contributed by atoms with Crippen molar-refractivity contribution in [3.8, 4) is 5.75 Å². The Balaban J connectivity index is 1.93. The van der Waals surface area contributed by atoms with Crippen LogP contribution in [0, 0.1) is 0 Å². The molecule has 0 heterocycles. The molecule has 0 aliphatic rings. The summed E-state index contributed by atoms with van der Waals surface area (Å²) in [5.74, 6) is -0.176. The maximum absolute atomic E-state index is 11.8. The van der Waals surface area contributed by atoms with Crippen molar-refractivity contribution in [3.63, 3.8) is 0 Å². The van der Waals surface area contributed by atoms with Gasteiger partial charge in [-0.1, -0.05) is 58.5 Å². The highest BCUT2D eigenvalue weighted by molar-refractivity contribution is 6.43. The topological polar surface area (TPSA) is 50.7 Å². The molecule has 0 atom stereocenters. The zero-order chi connectivity index (χ0) is 17.7. The minimum Gasteiger partial charge on any atom is -0.482 e. The highest BCUT2D eigenvalue weighted by Gasteiger charge is 2.09. The summed E-state index contributed by atoms with van der Waals surface area (Å²) >= 11 is 23.5. The van der Waals surface area contributed by atoms with Gasteiger partial charge in [-0.3, -0.25) is 4.79 Å². The predicted molar refractivity (Wildman–Crippen MR) is 98.8 cm³/mol. The molecule has 0 saturated carbocycles. The van der Waals surface area contributed by atoms with Crippen LogP contribution < -0.4 is 10.2 Å². The smallest absolute Gasteiger partial charge is 0.277 e. The Kier molecular flexibility index (Phi) is 6.75. The lowest BCUT2D eigenvalue weighted by Crippen LogP contribution is -2.25. The molecule has 0 aliphatic carbocycles. The fraction of sp³-hybridized carbons (Fsp3) is 0.125. The average molecular weight is 406 g/mol. The molecule has 2 rings (SSSR count). The van der Waals surface area contributed by atoms with E-state index in [1.54, 1.807) is 31.2 Å². The number of rotatable bonds is 5. The SMILES string of the molecule is C/C(=N\NC(=O)COc1cc(Cl)c(Cl)cc1Cl)c1ccc(Cl)cc1. The minimum absolute atomic E-state index is 0.262. The van der Waals surface area contributed by atoms with Gasteiger partial charge in [-0.2, -0.15) is 5.10 Å². The van der Waals surface area contributed by atoms with E-state index in [9.17, 15) is 4.79 Å². The second kappa shape index (κ2) is 8.58. The van der Waals surface area contributed by atoms with Crippen molar-refractivity contribution < 1.29 is 9.53 Å². The van der Waals surface area contributed by atoms with Crippen molar-refractivity contribution in [1.29, 1.82) is 0 Å². The molecule has 4 nitrogen and oxygen atoms in total. The number of carbonyl (C=O) groups excluding carboxylic acids is 1. The standard InChI is InChI=1S/C16H12Cl4N2O2/c1-9(10-2-4-11(17)5-3-10)21-22-16(23)8-24-15-7-13(19)12(18)6-14(15)20/h2-7H,8H2,1H3,(H,22,23)/b21-9+. The number of halogens is 4. The van der Waals surface area contributed by atoms with Crippen molar-refractivity contribution in [2.75, 3.05) is 6.61 Å². The van der Waals surface area contributed by atoms with E-state index < -0.39 is 5.91 Å². The number of ether oxygens (including phenoxy) is 1. The maximum Gasteiger partial charge on any atom is 0.277 e. The van der Waals surface area contributed by atoms with Crippen LogP contribution in [0.4, 0.5) is 0 Å². The number of nitrogens with one attached hydrogen (secondary N) is 1. The third-order valence-corrected chi connectivity index (χ3v) is 4.21. The van der Waals surface area contributed by atoms with E-state index in [4.69, 9.17) is 51.1 Å². The Morgan fingerprint density at radius 2 is 1.67 bits per heavy atom. The quantitative estimate of drug-likeness (QED) is 0.421. The van der Waals surface area contributed by atoms with Crippen LogP contribution in [0.5, 0.6) is 5.75 Å². The largest absolute Gasteiger partial charge is 0.482 e. The Morgan fingerprint density at radius 3 is 2.33 bits per heavy atom. The highest BCUT2D eigenvalue weighted by atomic mass is 35.5. The van der Waals surface area contributed by atoms with Crippen LogP contribution in [0.3, 0.4) is 0 Å². The van der Waals surface area contributed by atoms with Gasteiger partial charge in [0.2, 0.25) is 0 Å². The second-order valence-corrected chi connectivity index (χ2v) is 6.38. The first-order chi connectivity index (χ1) is 11.4. The average Bonchev–Trinajstić information content (AvgIpc) is 2.55. The van der Waals surface area contributed by atoms with E-state index in [0.717, 1.165) is 5.56 Å². The van der Waals surface area contributed by atoms with Crippen molar-refractivity contribution in [2.24, 2.45) is 5.10 Å². The molecule has 0 spiro atoms. The summed E-state index contributed by atoms with van der Waals surface area (Å²) < 4.78 is 5.31. The summed E-state index contributed by atoms with van der Waals surface area (Å²) in [4.78, 5) is 11.8. The Hall–Kier alpha value is -1.46. The summed E-state index contributed by atoms with van der Waals surface area (Å²) in [6.07, 6.45) is 0. The predicted octanol–water partition coefficient (Wildman–Crippen LogP) is 5.22. The van der Waals surface area contributed by atoms with Gasteiger partial charge >= 0.3 is 0 Å². The highest BCUT2D eigenvalue weighted by Crippen LogP contribution is 2.33. The molecule has 24 heavy (non-hydrogen) atoms. The van der Waals surface area contributed by atoms with Gasteiger partial charge in [-0.25, -0.2) is 5.43 Å². The Bertz CT molecular complexity index is 776. The van der Waals surface area contributed by atoms with E-state index in [2.05, 4.69) is 10.5 Å². The van der Waals surface area contributed by atoms with Gasteiger partial charge in [0.15, 0.2) is 6.61 Å². The van der Waals surface area contributed by atoms with Gasteiger partial charge in [0.25, 0.3) is 5.91 Å². The van der Waals surface area contributed by atoms with Gasteiger partial charge in [0, 0.05) is 11.1 Å². The molecule has 1 amide bonds. The first-order valence-electron chi connectivity index (χ1n) is 6.73. The van der Waals surface area contributed by atoms with Crippen LogP contribution in [0.1, 0.15) is 12.5 Å². The molecule has 0 radical (unpaired) electrons. The zero-order valence-electron chi connectivity index (χ0n) is 12.4. The number of amides is 1. The lowest BCUT2D eigenvalue weighted by Gasteiger charge is -2.08. The molecule has 8 heteroatoms. The summed E-state index contributed by atoms with van der Waals surface area (Å²) in [5, 5.41) is 5.49. The monoisotopic (exact) mass is 404 g/mol. The molecule has 0 aliphatic heterocycles. The number of hydrogen-bond acceptors (Lipinski definition) is 3. The summed E-state index contributed by atoms with van der Waals surface area (Å²) in [7, 11) is 0. The molecule has 126 valence electrons. The summed E-state index contributed by atoms with van der Waals surface area (Å²) in [6, 6.07) is 9.99. The molecule has 2 aromatic rings. The van der Waals surface area contributed by atoms with Crippen molar-refractivity contribution >= 4 is 58.0 Å². The van der Waals surface area contributed by atoms with E-state index in [-0.39, 0.29) is 22.4 Å². The normalized spacial score (nSPS) is 11.3. The number of nitrogens with zero attached hydrogens (tertiary/aromatic N) is 1. The lowest BCUT2D eigenvalue weighted by molar-refractivity contribution is -0.123. The van der Waals surface area contributed by atoms with Crippen LogP contribution in [-0.4, -0.2) is 18.2 Å². The molecule has 0 saturated heterocycles. The molecule has 0 unspecified atom stereocenters. The number of benzene rings is 2. The number of hydrogen-bond donors (Lipinski definition) is 1. The summed E-state index contributed by atoms with van der Waals surface area (Å²) in [5.41, 5.74) is 3.87. The van der Waals surface area contributed by atoms with Crippen LogP contribution >= 0.6 is 46.4 Å². The summed E-state index contributed by atoms with van der Waals surface area (Å²) in [6.45, 7) is 1.50.